The second kappa shape index (κ2) is 8.90. The van der Waals surface area contributed by atoms with Gasteiger partial charge in [0.15, 0.2) is 17.5 Å². The molecule has 27 heavy (non-hydrogen) atoms. The number of pyridine rings is 1. The molecule has 0 fully saturated rings. The Morgan fingerprint density at radius 1 is 1.07 bits per heavy atom. The number of benzene rings is 2. The summed E-state index contributed by atoms with van der Waals surface area (Å²) in [5.41, 5.74) is 7.75. The number of fused-ring (bicyclic) bond motifs is 2. The first-order chi connectivity index (χ1) is 12.8. The maximum Gasteiger partial charge on any atom is 0.193 e. The van der Waals surface area contributed by atoms with Gasteiger partial charge in [-0.3, -0.25) is 4.98 Å². The van der Waals surface area contributed by atoms with E-state index in [1.165, 1.54) is 0 Å². The molecule has 3 aromatic rings. The monoisotopic (exact) mass is 476 g/mol. The Morgan fingerprint density at radius 2 is 1.89 bits per heavy atom. The number of aromatic nitrogens is 1. The van der Waals surface area contributed by atoms with Crippen molar-refractivity contribution in [1.29, 1.82) is 0 Å². The molecule has 0 atom stereocenters. The molecule has 140 valence electrons. The van der Waals surface area contributed by atoms with Gasteiger partial charge >= 0.3 is 0 Å². The summed E-state index contributed by atoms with van der Waals surface area (Å²) in [6.45, 7) is 1.72. The molecule has 2 heterocycles. The Kier molecular flexibility index (Phi) is 6.33. The zero-order valence-electron chi connectivity index (χ0n) is 14.7. The van der Waals surface area contributed by atoms with Crippen LogP contribution in [0, 0.1) is 0 Å². The number of nitrogens with one attached hydrogen (secondary N) is 1. The van der Waals surface area contributed by atoms with Crippen molar-refractivity contribution >= 4 is 46.4 Å². The van der Waals surface area contributed by atoms with E-state index in [2.05, 4.69) is 21.4 Å². The number of nitrogens with zero attached hydrogens (tertiary/aromatic N) is 2. The van der Waals surface area contributed by atoms with Crippen LogP contribution in [0.15, 0.2) is 59.7 Å². The van der Waals surface area contributed by atoms with Crippen LogP contribution in [-0.4, -0.2) is 24.2 Å². The molecular formula is C20H21IN4O2. The maximum absolute atomic E-state index is 6.04. The Morgan fingerprint density at radius 3 is 2.78 bits per heavy atom. The zero-order valence-corrected chi connectivity index (χ0v) is 17.1. The first-order valence-corrected chi connectivity index (χ1v) is 8.59. The van der Waals surface area contributed by atoms with Crippen molar-refractivity contribution in [3.63, 3.8) is 0 Å². The Hall–Kier alpha value is -2.55. The van der Waals surface area contributed by atoms with Gasteiger partial charge in [-0.05, 0) is 23.6 Å². The number of aliphatic imine (C=N–C) groups is 1. The molecule has 1 aromatic heterocycles. The van der Waals surface area contributed by atoms with E-state index in [4.69, 9.17) is 15.2 Å². The zero-order chi connectivity index (χ0) is 17.8. The van der Waals surface area contributed by atoms with E-state index in [1.807, 2.05) is 42.5 Å². The first-order valence-electron chi connectivity index (χ1n) is 8.59. The molecular weight excluding hydrogens is 455 g/mol. The molecule has 0 radical (unpaired) electrons. The quantitative estimate of drug-likeness (QED) is 0.340. The van der Waals surface area contributed by atoms with Gasteiger partial charge in [0.1, 0.15) is 0 Å². The molecule has 0 saturated heterocycles. The molecule has 0 amide bonds. The third-order valence-electron chi connectivity index (χ3n) is 4.18. The fourth-order valence-electron chi connectivity index (χ4n) is 2.90. The van der Waals surface area contributed by atoms with Crippen LogP contribution in [-0.2, 0) is 6.54 Å². The van der Waals surface area contributed by atoms with Crippen LogP contribution in [0.4, 0.5) is 5.69 Å². The average Bonchev–Trinajstić information content (AvgIpc) is 2.91. The molecule has 0 aliphatic carbocycles. The van der Waals surface area contributed by atoms with Gasteiger partial charge in [0.2, 0.25) is 0 Å². The van der Waals surface area contributed by atoms with Crippen molar-refractivity contribution in [3.8, 4) is 11.5 Å². The molecule has 0 bridgehead atoms. The minimum absolute atomic E-state index is 0. The van der Waals surface area contributed by atoms with E-state index in [0.29, 0.717) is 25.7 Å². The Labute approximate surface area is 174 Å². The fourth-order valence-corrected chi connectivity index (χ4v) is 2.90. The number of rotatable bonds is 3. The van der Waals surface area contributed by atoms with E-state index < -0.39 is 0 Å². The van der Waals surface area contributed by atoms with Crippen LogP contribution in [0.3, 0.4) is 0 Å². The number of guanidine groups is 1. The molecule has 7 heteroatoms. The third-order valence-corrected chi connectivity index (χ3v) is 4.18. The van der Waals surface area contributed by atoms with E-state index in [1.54, 1.807) is 6.20 Å². The highest BCUT2D eigenvalue weighted by atomic mass is 127. The van der Waals surface area contributed by atoms with Gasteiger partial charge in [0.25, 0.3) is 0 Å². The van der Waals surface area contributed by atoms with Crippen molar-refractivity contribution in [2.45, 2.75) is 13.0 Å². The van der Waals surface area contributed by atoms with Crippen molar-refractivity contribution in [2.75, 3.05) is 18.5 Å². The highest BCUT2D eigenvalue weighted by Gasteiger charge is 2.11. The minimum atomic E-state index is 0. The second-order valence-corrected chi connectivity index (χ2v) is 6.02. The van der Waals surface area contributed by atoms with Crippen LogP contribution in [0.5, 0.6) is 11.5 Å². The van der Waals surface area contributed by atoms with Crippen LogP contribution in [0.25, 0.3) is 10.8 Å². The summed E-state index contributed by atoms with van der Waals surface area (Å²) in [5.74, 6) is 1.80. The molecule has 1 aliphatic rings. The van der Waals surface area contributed by atoms with Gasteiger partial charge in [-0.25, -0.2) is 4.99 Å². The SMILES string of the molecule is I.NC(=NCc1nccc2ccccc12)Nc1ccc2c(c1)OCCCO2. The summed E-state index contributed by atoms with van der Waals surface area (Å²) in [5, 5.41) is 5.32. The van der Waals surface area contributed by atoms with Crippen LogP contribution >= 0.6 is 24.0 Å². The number of halogens is 1. The molecule has 1 aliphatic heterocycles. The summed E-state index contributed by atoms with van der Waals surface area (Å²) in [7, 11) is 0. The number of hydrogen-bond acceptors (Lipinski definition) is 4. The number of ether oxygens (including phenoxy) is 2. The highest BCUT2D eigenvalue weighted by Crippen LogP contribution is 2.32. The third kappa shape index (κ3) is 4.60. The maximum atomic E-state index is 6.04. The van der Waals surface area contributed by atoms with Crippen LogP contribution < -0.4 is 20.5 Å². The van der Waals surface area contributed by atoms with E-state index in [9.17, 15) is 0 Å². The lowest BCUT2D eigenvalue weighted by Gasteiger charge is -2.11. The lowest BCUT2D eigenvalue weighted by atomic mass is 10.1. The number of hydrogen-bond donors (Lipinski definition) is 2. The van der Waals surface area contributed by atoms with E-state index in [0.717, 1.165) is 40.1 Å². The van der Waals surface area contributed by atoms with Crippen molar-refractivity contribution in [1.82, 2.24) is 4.98 Å². The molecule has 0 saturated carbocycles. The summed E-state index contributed by atoms with van der Waals surface area (Å²) in [6, 6.07) is 15.7. The lowest BCUT2D eigenvalue weighted by molar-refractivity contribution is 0.297. The van der Waals surface area contributed by atoms with Gasteiger partial charge in [-0.15, -0.1) is 24.0 Å². The smallest absolute Gasteiger partial charge is 0.193 e. The predicted octanol–water partition coefficient (Wildman–Crippen LogP) is 3.94. The largest absolute Gasteiger partial charge is 0.490 e. The van der Waals surface area contributed by atoms with Crippen molar-refractivity contribution < 1.29 is 9.47 Å². The molecule has 0 spiro atoms. The molecule has 2 aromatic carbocycles. The van der Waals surface area contributed by atoms with E-state index in [-0.39, 0.29) is 24.0 Å². The molecule has 0 unspecified atom stereocenters. The average molecular weight is 476 g/mol. The van der Waals surface area contributed by atoms with Gasteiger partial charge in [-0.1, -0.05) is 24.3 Å². The second-order valence-electron chi connectivity index (χ2n) is 6.02. The Bertz CT molecular complexity index is 956. The van der Waals surface area contributed by atoms with Crippen LogP contribution in [0.1, 0.15) is 12.1 Å². The molecule has 6 nitrogen and oxygen atoms in total. The Balaban J connectivity index is 0.00000210. The normalized spacial score (nSPS) is 13.6. The lowest BCUT2D eigenvalue weighted by Crippen LogP contribution is -2.22. The predicted molar refractivity (Wildman–Crippen MR) is 118 cm³/mol. The van der Waals surface area contributed by atoms with Crippen LogP contribution in [0.2, 0.25) is 0 Å². The summed E-state index contributed by atoms with van der Waals surface area (Å²) < 4.78 is 11.3. The minimum Gasteiger partial charge on any atom is -0.490 e. The standard InChI is InChI=1S/C20H20N4O2.HI/c21-20(23-13-17-16-5-2-1-4-14(16)8-9-22-17)24-15-6-7-18-19(12-15)26-11-3-10-25-18;/h1-2,4-9,12H,3,10-11,13H2,(H3,21,23,24);1H. The molecule has 3 N–H and O–H groups in total. The van der Waals surface area contributed by atoms with Gasteiger partial charge in [0, 0.05) is 29.8 Å². The number of anilines is 1. The summed E-state index contributed by atoms with van der Waals surface area (Å²) in [4.78, 5) is 8.85. The number of nitrogens with two attached hydrogens (primary N) is 1. The van der Waals surface area contributed by atoms with Gasteiger partial charge in [0.05, 0.1) is 25.5 Å². The van der Waals surface area contributed by atoms with Crippen molar-refractivity contribution in [3.05, 3.63) is 60.4 Å². The van der Waals surface area contributed by atoms with Gasteiger partial charge < -0.3 is 20.5 Å². The fraction of sp³-hybridized carbons (Fsp3) is 0.200. The van der Waals surface area contributed by atoms with Gasteiger partial charge in [-0.2, -0.15) is 0 Å². The summed E-state index contributed by atoms with van der Waals surface area (Å²) >= 11 is 0. The summed E-state index contributed by atoms with van der Waals surface area (Å²) in [6.07, 6.45) is 2.67. The topological polar surface area (TPSA) is 81.8 Å². The highest BCUT2D eigenvalue weighted by molar-refractivity contribution is 14.0. The first kappa shape index (κ1) is 19.2. The van der Waals surface area contributed by atoms with E-state index >= 15 is 0 Å². The van der Waals surface area contributed by atoms with Crippen molar-refractivity contribution in [2.24, 2.45) is 10.7 Å². The molecule has 4 rings (SSSR count).